The zero-order valence-corrected chi connectivity index (χ0v) is 63.6. The minimum Gasteiger partial charge on any atom is -0.456 e. The second-order valence-corrected chi connectivity index (χ2v) is 29.1. The van der Waals surface area contributed by atoms with Gasteiger partial charge in [-0.3, -0.25) is 9.97 Å². The average molecular weight is 1480 g/mol. The molecule has 0 amide bonds. The van der Waals surface area contributed by atoms with Crippen molar-refractivity contribution in [1.82, 2.24) is 74.8 Å². The number of nitrogens with one attached hydrogen (secondary N) is 5. The number of H-pyrrole nitrogens is 5. The fourth-order valence-electron chi connectivity index (χ4n) is 14.2. The van der Waals surface area contributed by atoms with Crippen molar-refractivity contribution in [1.29, 1.82) is 0 Å². The Labute approximate surface area is 645 Å². The number of para-hydroxylation sites is 2. The second-order valence-electron chi connectivity index (χ2n) is 28.0. The zero-order valence-electron chi connectivity index (χ0n) is 62.8. The number of aromatic nitrogens is 15. The molecule has 0 radical (unpaired) electrons. The summed E-state index contributed by atoms with van der Waals surface area (Å²) in [6, 6.07) is 75.6. The predicted octanol–water partition coefficient (Wildman–Crippen LogP) is 24.2. The van der Waals surface area contributed by atoms with Gasteiger partial charge in [0.2, 0.25) is 0 Å². The summed E-state index contributed by atoms with van der Waals surface area (Å²) in [4.78, 5) is 58.1. The number of aryl methyl sites for hydroxylation is 8. The van der Waals surface area contributed by atoms with Gasteiger partial charge in [-0.05, 0) is 169 Å². The van der Waals surface area contributed by atoms with E-state index in [9.17, 15) is 0 Å². The molecule has 0 aliphatic carbocycles. The summed E-state index contributed by atoms with van der Waals surface area (Å²) in [6.07, 6.45) is 17.0. The van der Waals surface area contributed by atoms with Crippen molar-refractivity contribution in [3.8, 4) is 0 Å². The smallest absolute Gasteiger partial charge is 0.157 e. The molecule has 0 aliphatic rings. The summed E-state index contributed by atoms with van der Waals surface area (Å²) < 4.78 is 14.2. The molecular formula is C94H75N15O2S. The van der Waals surface area contributed by atoms with E-state index >= 15 is 0 Å². The summed E-state index contributed by atoms with van der Waals surface area (Å²) in [5.74, 6) is 0. The van der Waals surface area contributed by atoms with Crippen molar-refractivity contribution < 1.29 is 8.83 Å². The highest BCUT2D eigenvalue weighted by atomic mass is 32.1. The van der Waals surface area contributed by atoms with Gasteiger partial charge < -0.3 is 33.8 Å². The fourth-order valence-corrected chi connectivity index (χ4v) is 15.3. The van der Waals surface area contributed by atoms with Crippen LogP contribution < -0.4 is 0 Å². The van der Waals surface area contributed by atoms with E-state index in [-0.39, 0.29) is 0 Å². The molecule has 5 N–H and O–H groups in total. The van der Waals surface area contributed by atoms with Crippen LogP contribution in [-0.4, -0.2) is 74.8 Å². The van der Waals surface area contributed by atoms with Crippen molar-refractivity contribution in [2.45, 2.75) is 55.4 Å². The topological polar surface area (TPSA) is 234 Å². The Morgan fingerprint density at radius 3 is 1.29 bits per heavy atom. The first-order valence-electron chi connectivity index (χ1n) is 36.8. The number of fused-ring (bicyclic) bond motifs is 24. The van der Waals surface area contributed by atoms with Gasteiger partial charge in [0.15, 0.2) is 11.3 Å². The lowest BCUT2D eigenvalue weighted by atomic mass is 10.1. The molecule has 13 aromatic heterocycles. The van der Waals surface area contributed by atoms with Gasteiger partial charge >= 0.3 is 0 Å². The van der Waals surface area contributed by atoms with E-state index in [2.05, 4.69) is 306 Å². The van der Waals surface area contributed by atoms with Crippen molar-refractivity contribution in [3.63, 3.8) is 0 Å². The third-order valence-electron chi connectivity index (χ3n) is 19.6. The molecule has 0 atom stereocenters. The molecule has 17 nitrogen and oxygen atoms in total. The molecule has 18 heteroatoms. The Bertz CT molecular complexity index is 6650. The molecule has 0 saturated heterocycles. The molecule has 0 aliphatic heterocycles. The predicted molar refractivity (Wildman–Crippen MR) is 462 cm³/mol. The maximum Gasteiger partial charge on any atom is 0.157 e. The monoisotopic (exact) mass is 1480 g/mol. The van der Waals surface area contributed by atoms with E-state index in [0.29, 0.717) is 0 Å². The van der Waals surface area contributed by atoms with E-state index in [0.717, 1.165) is 122 Å². The highest BCUT2D eigenvalue weighted by Gasteiger charge is 2.12. The quantitative estimate of drug-likeness (QED) is 0.0954. The van der Waals surface area contributed by atoms with Crippen LogP contribution in [0.15, 0.2) is 290 Å². The van der Waals surface area contributed by atoms with Crippen LogP contribution in [0.5, 0.6) is 0 Å². The molecule has 544 valence electrons. The van der Waals surface area contributed by atoms with Crippen LogP contribution in [0, 0.1) is 55.4 Å². The molecule has 0 unspecified atom stereocenters. The third kappa shape index (κ3) is 14.7. The molecule has 11 aromatic carbocycles. The number of furan rings is 2. The van der Waals surface area contributed by atoms with Crippen LogP contribution in [0.1, 0.15) is 44.5 Å². The molecular weight excluding hydrogens is 1400 g/mol. The van der Waals surface area contributed by atoms with Gasteiger partial charge in [-0.2, -0.15) is 0 Å². The van der Waals surface area contributed by atoms with E-state index in [4.69, 9.17) is 8.83 Å². The Morgan fingerprint density at radius 2 is 0.625 bits per heavy atom. The number of thiophene rings is 1. The summed E-state index contributed by atoms with van der Waals surface area (Å²) in [5, 5.41) is 14.5. The Balaban J connectivity index is 0.0000000929. The van der Waals surface area contributed by atoms with Crippen LogP contribution in [0.3, 0.4) is 0 Å². The number of rotatable bonds is 0. The van der Waals surface area contributed by atoms with Crippen molar-refractivity contribution >= 4 is 185 Å². The first-order valence-corrected chi connectivity index (χ1v) is 37.6. The SMILES string of the molecule is Cc1ccc2[nH]c3cncnc3c2c1.Cc1ccc2[nH]c3nccnc3c2c1.Cc1ccc2c(c1)[nH]c1cncnc12.Cc1ccc2c(c1)[nH]c1nccnc12.Cc1ccc2c(c1)[nH]c1ncncc12.Cc1ccc2c(c1)oc1ccccc12.Cc1ccc2oc3ccccc3c2c1.Cc1ccc2sc3ccccc3c2c1. The standard InChI is InChI=1S/2C13H10O.C13H10S.5C11H9N3/c1-9-6-7-13-11(8-9)10-4-2-3-5-12(10)14-13;1-9-6-7-11-10-4-2-3-5-12(10)14-13(11)8-9;1-9-6-7-13-11(8-9)10-4-2-3-5-12(10)14-13;1-7-2-3-9-8(4-7)11-10(14-9)5-12-6-13-11;1-7-2-3-8-9-5-12-6-13-11(9)14-10(8)4-7;1-7-2-3-8-9(4-7)14-10-5-12-6-13-11(8)10;1-7-2-3-9-8(6-7)10-11(14-9)13-5-4-12-10;1-7-2-3-8-9(6-7)14-11-10(8)12-4-5-13-11/h3*2-8H,1H3;2-6,14H,1H3;2-6H,1H3,(H,12,13,14);2-6,14H,1H3;2*2-6H,1H3,(H,13,14). The van der Waals surface area contributed by atoms with Gasteiger partial charge in [-0.25, -0.2) is 39.9 Å². The van der Waals surface area contributed by atoms with Crippen molar-refractivity contribution in [2.75, 3.05) is 0 Å². The van der Waals surface area contributed by atoms with Crippen LogP contribution in [0.4, 0.5) is 0 Å². The lowest BCUT2D eigenvalue weighted by Crippen LogP contribution is -1.77. The maximum atomic E-state index is 5.73. The average Bonchev–Trinajstić information content (AvgIpc) is 1.70. The minimum absolute atomic E-state index is 0.855. The number of nitrogens with zero attached hydrogens (tertiary/aromatic N) is 10. The summed E-state index contributed by atoms with van der Waals surface area (Å²) in [7, 11) is 0. The maximum absolute atomic E-state index is 5.73. The number of hydrogen-bond donors (Lipinski definition) is 5. The highest BCUT2D eigenvalue weighted by molar-refractivity contribution is 7.25. The Morgan fingerprint density at radius 1 is 0.232 bits per heavy atom. The normalized spacial score (nSPS) is 11.2. The van der Waals surface area contributed by atoms with E-state index in [1.807, 2.05) is 60.0 Å². The van der Waals surface area contributed by atoms with Gasteiger partial charge in [0.1, 0.15) is 58.0 Å². The first-order chi connectivity index (χ1) is 54.7. The molecule has 0 saturated carbocycles. The fraction of sp³-hybridized carbons (Fsp3) is 0.0851. The molecule has 112 heavy (non-hydrogen) atoms. The van der Waals surface area contributed by atoms with Gasteiger partial charge in [0.25, 0.3) is 0 Å². The number of benzene rings is 11. The molecule has 0 fully saturated rings. The lowest BCUT2D eigenvalue weighted by Gasteiger charge is -1.92. The second kappa shape index (κ2) is 30.7. The molecule has 0 bridgehead atoms. The van der Waals surface area contributed by atoms with Crippen LogP contribution in [0.25, 0.3) is 174 Å². The van der Waals surface area contributed by atoms with Crippen molar-refractivity contribution in [3.05, 3.63) is 325 Å². The van der Waals surface area contributed by atoms with Crippen LogP contribution in [0.2, 0.25) is 0 Å². The van der Waals surface area contributed by atoms with Gasteiger partial charge in [-0.15, -0.1) is 11.3 Å². The Kier molecular flexibility index (Phi) is 19.4. The van der Waals surface area contributed by atoms with Gasteiger partial charge in [-0.1, -0.05) is 150 Å². The van der Waals surface area contributed by atoms with Gasteiger partial charge in [0, 0.05) is 133 Å². The van der Waals surface area contributed by atoms with E-state index < -0.39 is 0 Å². The summed E-state index contributed by atoms with van der Waals surface area (Å²) >= 11 is 1.87. The zero-order chi connectivity index (χ0) is 76.3. The number of aromatic amines is 5. The Hall–Kier alpha value is -14.4. The van der Waals surface area contributed by atoms with Gasteiger partial charge in [0.05, 0.1) is 34.5 Å². The number of hydrogen-bond acceptors (Lipinski definition) is 13. The lowest BCUT2D eigenvalue weighted by molar-refractivity contribution is 0.668. The molecule has 24 aromatic rings. The molecule has 13 heterocycles. The minimum atomic E-state index is 0.855. The van der Waals surface area contributed by atoms with Crippen LogP contribution >= 0.6 is 11.3 Å². The van der Waals surface area contributed by atoms with Crippen molar-refractivity contribution in [2.24, 2.45) is 0 Å². The summed E-state index contributed by atoms with van der Waals surface area (Å²) in [6.45, 7) is 16.7. The molecule has 0 spiro atoms. The highest BCUT2D eigenvalue weighted by Crippen LogP contribution is 2.36. The first kappa shape index (κ1) is 70.6. The third-order valence-corrected chi connectivity index (χ3v) is 20.8. The van der Waals surface area contributed by atoms with Crippen LogP contribution in [-0.2, 0) is 0 Å². The molecule has 24 rings (SSSR count). The largest absolute Gasteiger partial charge is 0.456 e. The van der Waals surface area contributed by atoms with E-state index in [1.165, 1.54) is 97.0 Å². The summed E-state index contributed by atoms with van der Waals surface area (Å²) in [5.41, 5.74) is 28.0. The van der Waals surface area contributed by atoms with E-state index in [1.54, 1.807) is 56.2 Å².